The van der Waals surface area contributed by atoms with Crippen LogP contribution in [0.4, 0.5) is 0 Å². The fourth-order valence-electron chi connectivity index (χ4n) is 2.29. The van der Waals surface area contributed by atoms with Crippen LogP contribution in [0.25, 0.3) is 0 Å². The second-order valence-corrected chi connectivity index (χ2v) is 5.35. The van der Waals surface area contributed by atoms with Gasteiger partial charge in [-0.3, -0.25) is 0 Å². The van der Waals surface area contributed by atoms with Gasteiger partial charge < -0.3 is 14.8 Å². The lowest BCUT2D eigenvalue weighted by Crippen LogP contribution is -2.18. The van der Waals surface area contributed by atoms with Crippen molar-refractivity contribution in [1.82, 2.24) is 5.32 Å². The van der Waals surface area contributed by atoms with Gasteiger partial charge >= 0.3 is 0 Å². The van der Waals surface area contributed by atoms with E-state index in [1.54, 1.807) is 20.3 Å². The molecule has 0 fully saturated rings. The van der Waals surface area contributed by atoms with Gasteiger partial charge in [-0.1, -0.05) is 35.3 Å². The number of hydrogen-bond acceptors (Lipinski definition) is 3. The molecule has 0 radical (unpaired) electrons. The van der Waals surface area contributed by atoms with Gasteiger partial charge in [0.1, 0.15) is 11.5 Å². The van der Waals surface area contributed by atoms with Crippen molar-refractivity contribution < 1.29 is 9.47 Å². The average molecular weight is 326 g/mol. The average Bonchev–Trinajstić information content (AvgIpc) is 2.49. The van der Waals surface area contributed by atoms with E-state index >= 15 is 0 Å². The highest BCUT2D eigenvalue weighted by Gasteiger charge is 2.18. The molecule has 3 nitrogen and oxygen atoms in total. The summed E-state index contributed by atoms with van der Waals surface area (Å²) in [5.41, 5.74) is 2.01. The topological polar surface area (TPSA) is 30.5 Å². The number of rotatable bonds is 5. The molecule has 0 amide bonds. The molecule has 2 rings (SSSR count). The molecule has 0 aromatic heterocycles. The summed E-state index contributed by atoms with van der Waals surface area (Å²) in [7, 11) is 5.11. The molecule has 2 aromatic carbocycles. The second-order valence-electron chi connectivity index (χ2n) is 4.50. The first-order chi connectivity index (χ1) is 10.1. The molecular weight excluding hydrogens is 309 g/mol. The first kappa shape index (κ1) is 16.0. The largest absolute Gasteiger partial charge is 0.496 e. The van der Waals surface area contributed by atoms with Crippen molar-refractivity contribution in [3.63, 3.8) is 0 Å². The van der Waals surface area contributed by atoms with Crippen LogP contribution >= 0.6 is 23.2 Å². The van der Waals surface area contributed by atoms with Crippen LogP contribution in [-0.2, 0) is 0 Å². The molecule has 0 aliphatic rings. The number of halogens is 2. The zero-order valence-corrected chi connectivity index (χ0v) is 13.6. The minimum absolute atomic E-state index is 0.0550. The third kappa shape index (κ3) is 3.43. The van der Waals surface area contributed by atoms with Crippen molar-refractivity contribution in [2.24, 2.45) is 0 Å². The van der Waals surface area contributed by atoms with Crippen LogP contribution in [0.15, 0.2) is 36.4 Å². The van der Waals surface area contributed by atoms with E-state index in [2.05, 4.69) is 5.32 Å². The van der Waals surface area contributed by atoms with Gasteiger partial charge in [0, 0.05) is 10.6 Å². The fraction of sp³-hybridized carbons (Fsp3) is 0.250. The molecule has 1 N–H and O–H groups in total. The summed E-state index contributed by atoms with van der Waals surface area (Å²) in [6.07, 6.45) is 0. The van der Waals surface area contributed by atoms with Gasteiger partial charge in [0.25, 0.3) is 0 Å². The van der Waals surface area contributed by atoms with Gasteiger partial charge in [-0.25, -0.2) is 0 Å². The van der Waals surface area contributed by atoms with Crippen LogP contribution < -0.4 is 14.8 Å². The summed E-state index contributed by atoms with van der Waals surface area (Å²) < 4.78 is 10.6. The Bertz CT molecular complexity index is 632. The van der Waals surface area contributed by atoms with Gasteiger partial charge in [-0.2, -0.15) is 0 Å². The van der Waals surface area contributed by atoms with Crippen molar-refractivity contribution in [2.75, 3.05) is 21.3 Å². The van der Waals surface area contributed by atoms with Crippen LogP contribution in [0.1, 0.15) is 17.2 Å². The van der Waals surface area contributed by atoms with E-state index in [1.165, 1.54) is 0 Å². The van der Waals surface area contributed by atoms with Crippen molar-refractivity contribution in [2.45, 2.75) is 6.04 Å². The van der Waals surface area contributed by atoms with Gasteiger partial charge in [0.05, 0.1) is 25.3 Å². The molecule has 0 aliphatic heterocycles. The van der Waals surface area contributed by atoms with Crippen LogP contribution in [0.3, 0.4) is 0 Å². The zero-order chi connectivity index (χ0) is 15.4. The molecule has 0 heterocycles. The Hall–Kier alpha value is -1.42. The smallest absolute Gasteiger partial charge is 0.137 e. The maximum absolute atomic E-state index is 6.21. The molecule has 0 spiro atoms. The number of nitrogens with one attached hydrogen (secondary N) is 1. The molecule has 2 aromatic rings. The highest BCUT2D eigenvalue weighted by molar-refractivity contribution is 6.32. The van der Waals surface area contributed by atoms with Crippen LogP contribution in [-0.4, -0.2) is 21.3 Å². The Morgan fingerprint density at radius 2 is 1.67 bits per heavy atom. The van der Waals surface area contributed by atoms with Crippen molar-refractivity contribution in [3.05, 3.63) is 57.6 Å². The minimum atomic E-state index is -0.0550. The zero-order valence-electron chi connectivity index (χ0n) is 12.1. The summed E-state index contributed by atoms with van der Waals surface area (Å²) in [4.78, 5) is 0. The highest BCUT2D eigenvalue weighted by Crippen LogP contribution is 2.35. The highest BCUT2D eigenvalue weighted by atomic mass is 35.5. The SMILES string of the molecule is CNC(c1ccc(OC)c(Cl)c1)c1ccc(Cl)cc1OC. The second kappa shape index (κ2) is 7.03. The Kier molecular flexibility index (Phi) is 5.34. The summed E-state index contributed by atoms with van der Waals surface area (Å²) in [5, 5.41) is 4.48. The normalized spacial score (nSPS) is 12.0. The maximum atomic E-state index is 6.21. The van der Waals surface area contributed by atoms with E-state index < -0.39 is 0 Å². The van der Waals surface area contributed by atoms with E-state index in [1.807, 2.05) is 37.4 Å². The van der Waals surface area contributed by atoms with Gasteiger partial charge in [-0.05, 0) is 36.9 Å². The molecule has 0 aliphatic carbocycles. The van der Waals surface area contributed by atoms with E-state index in [9.17, 15) is 0 Å². The third-order valence-electron chi connectivity index (χ3n) is 3.30. The Balaban J connectivity index is 2.46. The molecule has 1 atom stereocenters. The summed E-state index contributed by atoms with van der Waals surface area (Å²) in [5.74, 6) is 1.38. The molecule has 0 saturated heterocycles. The molecule has 0 bridgehead atoms. The molecule has 112 valence electrons. The quantitative estimate of drug-likeness (QED) is 0.888. The first-order valence-corrected chi connectivity index (χ1v) is 7.20. The van der Waals surface area contributed by atoms with Gasteiger partial charge in [-0.15, -0.1) is 0 Å². The van der Waals surface area contributed by atoms with Crippen LogP contribution in [0.5, 0.6) is 11.5 Å². The number of benzene rings is 2. The van der Waals surface area contributed by atoms with E-state index in [0.29, 0.717) is 15.8 Å². The number of hydrogen-bond donors (Lipinski definition) is 1. The lowest BCUT2D eigenvalue weighted by atomic mass is 9.98. The molecule has 1 unspecified atom stereocenters. The number of methoxy groups -OCH3 is 2. The Labute approximate surface area is 134 Å². The summed E-state index contributed by atoms with van der Waals surface area (Å²) in [6.45, 7) is 0. The van der Waals surface area contributed by atoms with E-state index in [4.69, 9.17) is 32.7 Å². The third-order valence-corrected chi connectivity index (χ3v) is 3.83. The standard InChI is InChI=1S/C16H17Cl2NO2/c1-19-16(10-4-7-14(20-2)13(18)8-10)12-6-5-11(17)9-15(12)21-3/h4-9,16,19H,1-3H3. The van der Waals surface area contributed by atoms with Crippen molar-refractivity contribution >= 4 is 23.2 Å². The Morgan fingerprint density at radius 3 is 2.24 bits per heavy atom. The summed E-state index contributed by atoms with van der Waals surface area (Å²) in [6, 6.07) is 11.2. The molecule has 0 saturated carbocycles. The fourth-order valence-corrected chi connectivity index (χ4v) is 2.72. The Morgan fingerprint density at radius 1 is 0.952 bits per heavy atom. The molecule has 21 heavy (non-hydrogen) atoms. The van der Waals surface area contributed by atoms with Crippen molar-refractivity contribution in [1.29, 1.82) is 0 Å². The van der Waals surface area contributed by atoms with Crippen molar-refractivity contribution in [3.8, 4) is 11.5 Å². The molecular formula is C16H17Cl2NO2. The first-order valence-electron chi connectivity index (χ1n) is 6.44. The lowest BCUT2D eigenvalue weighted by molar-refractivity contribution is 0.405. The maximum Gasteiger partial charge on any atom is 0.137 e. The van der Waals surface area contributed by atoms with Crippen LogP contribution in [0, 0.1) is 0 Å². The summed E-state index contributed by atoms with van der Waals surface area (Å²) >= 11 is 12.2. The van der Waals surface area contributed by atoms with Gasteiger partial charge in [0.15, 0.2) is 0 Å². The predicted octanol–water partition coefficient (Wildman–Crippen LogP) is 4.32. The lowest BCUT2D eigenvalue weighted by Gasteiger charge is -2.20. The van der Waals surface area contributed by atoms with Gasteiger partial charge in [0.2, 0.25) is 0 Å². The van der Waals surface area contributed by atoms with E-state index in [-0.39, 0.29) is 6.04 Å². The number of ether oxygens (including phenoxy) is 2. The minimum Gasteiger partial charge on any atom is -0.496 e. The van der Waals surface area contributed by atoms with Crippen LogP contribution in [0.2, 0.25) is 10.0 Å². The molecule has 5 heteroatoms. The monoisotopic (exact) mass is 325 g/mol. The van der Waals surface area contributed by atoms with E-state index in [0.717, 1.165) is 16.9 Å². The predicted molar refractivity (Wildman–Crippen MR) is 86.9 cm³/mol.